The predicted molar refractivity (Wildman–Crippen MR) is 93.4 cm³/mol. The van der Waals surface area contributed by atoms with Gasteiger partial charge in [0.05, 0.1) is 16.6 Å². The van der Waals surface area contributed by atoms with Crippen LogP contribution in [-0.4, -0.2) is 18.4 Å². The van der Waals surface area contributed by atoms with Gasteiger partial charge in [0.1, 0.15) is 5.75 Å². The number of ether oxygens (including phenoxy) is 1. The summed E-state index contributed by atoms with van der Waals surface area (Å²) in [4.78, 5) is 26.1. The highest BCUT2D eigenvalue weighted by Crippen LogP contribution is 2.31. The Kier molecular flexibility index (Phi) is 4.86. The molecule has 2 aromatic rings. The van der Waals surface area contributed by atoms with Crippen LogP contribution in [0.25, 0.3) is 0 Å². The van der Waals surface area contributed by atoms with Crippen LogP contribution in [-0.2, 0) is 16.0 Å². The molecule has 3 rings (SSSR count). The minimum Gasteiger partial charge on any atom is -0.426 e. The second kappa shape index (κ2) is 7.05. The molecule has 0 radical (unpaired) electrons. The number of benzene rings is 2. The van der Waals surface area contributed by atoms with Gasteiger partial charge in [0.25, 0.3) is 0 Å². The summed E-state index contributed by atoms with van der Waals surface area (Å²) in [6.07, 6.45) is 1.06. The number of halogens is 1. The van der Waals surface area contributed by atoms with Gasteiger partial charge in [-0.2, -0.15) is 0 Å². The lowest BCUT2D eigenvalue weighted by atomic mass is 10.1. The van der Waals surface area contributed by atoms with Crippen molar-refractivity contribution >= 4 is 29.2 Å². The number of carbonyl (C=O) groups is 2. The smallest absolute Gasteiger partial charge is 0.316 e. The number of aryl methyl sites for hydroxylation is 1. The topological polar surface area (TPSA) is 46.6 Å². The molecule has 1 saturated heterocycles. The highest BCUT2D eigenvalue weighted by atomic mass is 35.5. The predicted octanol–water partition coefficient (Wildman–Crippen LogP) is 3.86. The lowest BCUT2D eigenvalue weighted by Gasteiger charge is -2.17. The third-order valence-corrected chi connectivity index (χ3v) is 4.47. The van der Waals surface area contributed by atoms with Crippen LogP contribution >= 0.6 is 11.6 Å². The Hall–Kier alpha value is -2.33. The molecular formula is C19H18ClNO3. The van der Waals surface area contributed by atoms with E-state index in [1.54, 1.807) is 35.2 Å². The number of rotatable bonds is 4. The highest BCUT2D eigenvalue weighted by Gasteiger charge is 2.37. The van der Waals surface area contributed by atoms with Crippen molar-refractivity contribution in [3.63, 3.8) is 0 Å². The van der Waals surface area contributed by atoms with Crippen LogP contribution in [0.5, 0.6) is 5.75 Å². The molecule has 0 spiro atoms. The van der Waals surface area contributed by atoms with E-state index in [9.17, 15) is 9.59 Å². The normalized spacial score (nSPS) is 17.2. The molecule has 1 aliphatic rings. The van der Waals surface area contributed by atoms with Gasteiger partial charge in [-0.15, -0.1) is 0 Å². The molecule has 24 heavy (non-hydrogen) atoms. The molecule has 2 aromatic carbocycles. The third kappa shape index (κ3) is 3.44. The molecule has 1 amide bonds. The van der Waals surface area contributed by atoms with Crippen molar-refractivity contribution in [3.8, 4) is 5.75 Å². The fraction of sp³-hybridized carbons (Fsp3) is 0.263. The number of anilines is 1. The molecule has 1 atom stereocenters. The molecule has 4 nitrogen and oxygen atoms in total. The lowest BCUT2D eigenvalue weighted by molar-refractivity contribution is -0.139. The van der Waals surface area contributed by atoms with Crippen molar-refractivity contribution in [1.82, 2.24) is 0 Å². The van der Waals surface area contributed by atoms with E-state index in [0.717, 1.165) is 6.42 Å². The second-order valence-corrected chi connectivity index (χ2v) is 6.18. The molecule has 0 aliphatic carbocycles. The second-order valence-electron chi connectivity index (χ2n) is 5.78. The quantitative estimate of drug-likeness (QED) is 0.625. The number of hydrogen-bond acceptors (Lipinski definition) is 3. The number of hydrogen-bond donors (Lipinski definition) is 0. The number of esters is 1. The first kappa shape index (κ1) is 16.5. The third-order valence-electron chi connectivity index (χ3n) is 4.15. The summed E-state index contributed by atoms with van der Waals surface area (Å²) in [6, 6.07) is 14.5. The maximum Gasteiger partial charge on any atom is 0.316 e. The van der Waals surface area contributed by atoms with Gasteiger partial charge in [0.2, 0.25) is 5.91 Å². The Bertz CT molecular complexity index is 757. The maximum atomic E-state index is 12.3. The molecule has 0 saturated carbocycles. The molecule has 0 aromatic heterocycles. The zero-order valence-corrected chi connectivity index (χ0v) is 14.1. The van der Waals surface area contributed by atoms with Crippen LogP contribution < -0.4 is 9.64 Å². The Morgan fingerprint density at radius 1 is 1.21 bits per heavy atom. The van der Waals surface area contributed by atoms with E-state index in [4.69, 9.17) is 16.3 Å². The highest BCUT2D eigenvalue weighted by molar-refractivity contribution is 6.33. The Balaban J connectivity index is 1.68. The van der Waals surface area contributed by atoms with Crippen LogP contribution in [0.4, 0.5) is 5.69 Å². The minimum atomic E-state index is -0.486. The summed E-state index contributed by atoms with van der Waals surface area (Å²) < 4.78 is 5.41. The summed E-state index contributed by atoms with van der Waals surface area (Å²) in [6.45, 7) is 2.35. The van der Waals surface area contributed by atoms with Gasteiger partial charge in [0, 0.05) is 13.0 Å². The van der Waals surface area contributed by atoms with E-state index in [1.807, 2.05) is 18.2 Å². The van der Waals surface area contributed by atoms with Crippen molar-refractivity contribution in [2.24, 2.45) is 5.92 Å². The van der Waals surface area contributed by atoms with Gasteiger partial charge in [-0.3, -0.25) is 9.59 Å². The van der Waals surface area contributed by atoms with E-state index in [0.29, 0.717) is 16.5 Å². The van der Waals surface area contributed by atoms with Crippen LogP contribution in [0.15, 0.2) is 48.5 Å². The lowest BCUT2D eigenvalue weighted by Crippen LogP contribution is -2.27. The molecular weight excluding hydrogens is 326 g/mol. The minimum absolute atomic E-state index is 0.119. The summed E-state index contributed by atoms with van der Waals surface area (Å²) >= 11 is 6.15. The van der Waals surface area contributed by atoms with Crippen LogP contribution in [0, 0.1) is 5.92 Å². The van der Waals surface area contributed by atoms with E-state index < -0.39 is 5.92 Å². The van der Waals surface area contributed by atoms with Crippen molar-refractivity contribution in [1.29, 1.82) is 0 Å². The van der Waals surface area contributed by atoms with Crippen molar-refractivity contribution < 1.29 is 14.3 Å². The van der Waals surface area contributed by atoms with Gasteiger partial charge in [-0.25, -0.2) is 0 Å². The standard InChI is InChI=1S/C19H18ClNO3/c1-2-13-7-9-15(10-8-13)24-19(23)14-11-18(22)21(12-14)17-6-4-3-5-16(17)20/h3-10,14H,2,11-12H2,1H3/t14-/m0/s1. The monoisotopic (exact) mass is 343 g/mol. The molecule has 0 N–H and O–H groups in total. The summed E-state index contributed by atoms with van der Waals surface area (Å²) in [7, 11) is 0. The Morgan fingerprint density at radius 3 is 2.58 bits per heavy atom. The zero-order valence-electron chi connectivity index (χ0n) is 13.4. The Labute approximate surface area is 146 Å². The van der Waals surface area contributed by atoms with Crippen molar-refractivity contribution in [2.75, 3.05) is 11.4 Å². The van der Waals surface area contributed by atoms with E-state index in [2.05, 4.69) is 6.92 Å². The summed E-state index contributed by atoms with van der Waals surface area (Å²) in [5.74, 6) is -0.492. The van der Waals surface area contributed by atoms with Gasteiger partial charge < -0.3 is 9.64 Å². The Morgan fingerprint density at radius 2 is 1.92 bits per heavy atom. The average molecular weight is 344 g/mol. The fourth-order valence-electron chi connectivity index (χ4n) is 2.76. The van der Waals surface area contributed by atoms with E-state index >= 15 is 0 Å². The first-order chi connectivity index (χ1) is 11.6. The van der Waals surface area contributed by atoms with E-state index in [-0.39, 0.29) is 24.8 Å². The SMILES string of the molecule is CCc1ccc(OC(=O)[C@H]2CC(=O)N(c3ccccc3Cl)C2)cc1. The molecule has 1 fully saturated rings. The van der Waals surface area contributed by atoms with Crippen molar-refractivity contribution in [2.45, 2.75) is 19.8 Å². The fourth-order valence-corrected chi connectivity index (χ4v) is 3.00. The number of carbonyl (C=O) groups excluding carboxylic acids is 2. The molecule has 124 valence electrons. The number of amides is 1. The van der Waals surface area contributed by atoms with E-state index in [1.165, 1.54) is 5.56 Å². The van der Waals surface area contributed by atoms with Crippen LogP contribution in [0.3, 0.4) is 0 Å². The molecule has 0 bridgehead atoms. The van der Waals surface area contributed by atoms with Gasteiger partial charge in [-0.05, 0) is 36.2 Å². The van der Waals surface area contributed by atoms with Gasteiger partial charge in [-0.1, -0.05) is 42.8 Å². The summed E-state index contributed by atoms with van der Waals surface area (Å²) in [5.41, 5.74) is 1.81. The first-order valence-electron chi connectivity index (χ1n) is 7.94. The van der Waals surface area contributed by atoms with Gasteiger partial charge >= 0.3 is 5.97 Å². The summed E-state index contributed by atoms with van der Waals surface area (Å²) in [5, 5.41) is 0.495. The average Bonchev–Trinajstić information content (AvgIpc) is 2.98. The zero-order chi connectivity index (χ0) is 17.1. The molecule has 1 heterocycles. The van der Waals surface area contributed by atoms with Crippen LogP contribution in [0.2, 0.25) is 5.02 Å². The molecule has 1 aliphatic heterocycles. The van der Waals surface area contributed by atoms with Gasteiger partial charge in [0.15, 0.2) is 0 Å². The number of para-hydroxylation sites is 1. The largest absolute Gasteiger partial charge is 0.426 e. The molecule has 0 unspecified atom stereocenters. The number of nitrogens with zero attached hydrogens (tertiary/aromatic N) is 1. The maximum absolute atomic E-state index is 12.3. The molecule has 5 heteroatoms. The van der Waals surface area contributed by atoms with Crippen molar-refractivity contribution in [3.05, 3.63) is 59.1 Å². The van der Waals surface area contributed by atoms with Crippen LogP contribution in [0.1, 0.15) is 18.9 Å². The first-order valence-corrected chi connectivity index (χ1v) is 8.31.